The van der Waals surface area contributed by atoms with E-state index in [1.54, 1.807) is 0 Å². The number of rotatable bonds is 5. The third-order valence-electron chi connectivity index (χ3n) is 3.96. The first-order chi connectivity index (χ1) is 10.1. The zero-order chi connectivity index (χ0) is 16.5. The maximum absolute atomic E-state index is 12.3. The Hall–Kier alpha value is -0.950. The van der Waals surface area contributed by atoms with Gasteiger partial charge >= 0.3 is 0 Å². The second-order valence-electron chi connectivity index (χ2n) is 7.72. The van der Waals surface area contributed by atoms with E-state index < -0.39 is 10.0 Å². The van der Waals surface area contributed by atoms with E-state index in [0.717, 1.165) is 24.5 Å². The van der Waals surface area contributed by atoms with Crippen molar-refractivity contribution < 1.29 is 8.42 Å². The summed E-state index contributed by atoms with van der Waals surface area (Å²) in [5, 5.41) is 8.45. The van der Waals surface area contributed by atoms with Crippen molar-refractivity contribution in [2.75, 3.05) is 5.75 Å². The highest BCUT2D eigenvalue weighted by Gasteiger charge is 2.27. The predicted molar refractivity (Wildman–Crippen MR) is 87.2 cm³/mol. The number of fused-ring (bicyclic) bond motifs is 1. The number of aromatic nitrogens is 3. The largest absolute Gasteiger partial charge is 0.313 e. The molecule has 0 aliphatic carbocycles. The molecule has 1 aromatic heterocycles. The second-order valence-corrected chi connectivity index (χ2v) is 9.60. The Labute approximate surface area is 133 Å². The summed E-state index contributed by atoms with van der Waals surface area (Å²) in [6.45, 7) is 11.0. The molecule has 0 unspecified atom stereocenters. The first-order valence-electron chi connectivity index (χ1n) is 7.99. The van der Waals surface area contributed by atoms with Gasteiger partial charge in [0.2, 0.25) is 10.0 Å². The molecule has 126 valence electrons. The van der Waals surface area contributed by atoms with Crippen LogP contribution in [0.1, 0.15) is 65.0 Å². The highest BCUT2D eigenvalue weighted by molar-refractivity contribution is 7.89. The third-order valence-corrected chi connectivity index (χ3v) is 5.39. The molecule has 1 atom stereocenters. The zero-order valence-electron chi connectivity index (χ0n) is 14.3. The van der Waals surface area contributed by atoms with Gasteiger partial charge in [-0.3, -0.25) is 0 Å². The SMILES string of the molecule is CC(C)c1nnc2n1C[C@@H](NS(=O)(=O)CCC(C)(C)C)CC2. The maximum atomic E-state index is 12.3. The Bertz CT molecular complexity index is 614. The van der Waals surface area contributed by atoms with Crippen molar-refractivity contribution in [1.82, 2.24) is 19.5 Å². The Morgan fingerprint density at radius 2 is 2.00 bits per heavy atom. The number of nitrogens with zero attached hydrogens (tertiary/aromatic N) is 3. The van der Waals surface area contributed by atoms with Crippen LogP contribution in [-0.2, 0) is 23.0 Å². The lowest BCUT2D eigenvalue weighted by atomic mass is 9.94. The molecule has 0 amide bonds. The first-order valence-corrected chi connectivity index (χ1v) is 9.64. The summed E-state index contributed by atoms with van der Waals surface area (Å²) in [6, 6.07) is -0.0639. The van der Waals surface area contributed by atoms with Crippen LogP contribution in [0, 0.1) is 5.41 Å². The van der Waals surface area contributed by atoms with E-state index in [0.29, 0.717) is 13.0 Å². The molecule has 2 rings (SSSR count). The molecule has 0 radical (unpaired) electrons. The third kappa shape index (κ3) is 4.52. The molecule has 22 heavy (non-hydrogen) atoms. The summed E-state index contributed by atoms with van der Waals surface area (Å²) >= 11 is 0. The number of nitrogens with one attached hydrogen (secondary N) is 1. The number of sulfonamides is 1. The minimum absolute atomic E-state index is 0.0214. The van der Waals surface area contributed by atoms with Crippen molar-refractivity contribution in [2.45, 2.75) is 72.4 Å². The molecule has 1 aliphatic heterocycles. The van der Waals surface area contributed by atoms with Crippen molar-refractivity contribution in [3.05, 3.63) is 11.6 Å². The van der Waals surface area contributed by atoms with Gasteiger partial charge in [-0.1, -0.05) is 34.6 Å². The zero-order valence-corrected chi connectivity index (χ0v) is 15.1. The van der Waals surface area contributed by atoms with Crippen molar-refractivity contribution in [1.29, 1.82) is 0 Å². The molecular weight excluding hydrogens is 300 g/mol. The Morgan fingerprint density at radius 3 is 2.59 bits per heavy atom. The molecule has 0 saturated carbocycles. The van der Waals surface area contributed by atoms with Crippen LogP contribution in [0.4, 0.5) is 0 Å². The van der Waals surface area contributed by atoms with Crippen molar-refractivity contribution >= 4 is 10.0 Å². The van der Waals surface area contributed by atoms with E-state index in [-0.39, 0.29) is 23.1 Å². The molecule has 1 aromatic rings. The van der Waals surface area contributed by atoms with E-state index >= 15 is 0 Å². The van der Waals surface area contributed by atoms with E-state index in [2.05, 4.69) is 54.1 Å². The fraction of sp³-hybridized carbons (Fsp3) is 0.867. The van der Waals surface area contributed by atoms with Crippen LogP contribution >= 0.6 is 0 Å². The van der Waals surface area contributed by atoms with E-state index in [1.165, 1.54) is 0 Å². The summed E-state index contributed by atoms with van der Waals surface area (Å²) < 4.78 is 29.5. The Kier molecular flexibility index (Phi) is 4.96. The van der Waals surface area contributed by atoms with E-state index in [1.807, 2.05) is 0 Å². The molecule has 0 fully saturated rings. The fourth-order valence-electron chi connectivity index (χ4n) is 2.62. The second kappa shape index (κ2) is 6.28. The van der Waals surface area contributed by atoms with Gasteiger partial charge in [0.1, 0.15) is 11.6 Å². The van der Waals surface area contributed by atoms with Crippen molar-refractivity contribution in [3.8, 4) is 0 Å². The minimum Gasteiger partial charge on any atom is -0.313 e. The van der Waals surface area contributed by atoms with Gasteiger partial charge in [-0.05, 0) is 18.3 Å². The van der Waals surface area contributed by atoms with Crippen LogP contribution < -0.4 is 4.72 Å². The van der Waals surface area contributed by atoms with E-state index in [4.69, 9.17) is 0 Å². The molecule has 0 spiro atoms. The van der Waals surface area contributed by atoms with Gasteiger partial charge in [0.15, 0.2) is 0 Å². The lowest BCUT2D eigenvalue weighted by molar-refractivity contribution is 0.388. The summed E-state index contributed by atoms with van der Waals surface area (Å²) in [5.41, 5.74) is 0.0214. The van der Waals surface area contributed by atoms with Gasteiger partial charge in [0, 0.05) is 24.9 Å². The average Bonchev–Trinajstić information content (AvgIpc) is 2.78. The quantitative estimate of drug-likeness (QED) is 0.897. The van der Waals surface area contributed by atoms with Gasteiger partial charge in [-0.15, -0.1) is 10.2 Å². The molecule has 1 N–H and O–H groups in total. The number of aryl methyl sites for hydroxylation is 1. The van der Waals surface area contributed by atoms with Crippen molar-refractivity contribution in [3.63, 3.8) is 0 Å². The summed E-state index contributed by atoms with van der Waals surface area (Å²) in [5.74, 6) is 2.37. The van der Waals surface area contributed by atoms with Gasteiger partial charge < -0.3 is 4.57 Å². The first kappa shape index (κ1) is 17.4. The summed E-state index contributed by atoms with van der Waals surface area (Å²) in [4.78, 5) is 0. The molecule has 1 aliphatic rings. The number of hydrogen-bond donors (Lipinski definition) is 1. The summed E-state index contributed by atoms with van der Waals surface area (Å²) in [6.07, 6.45) is 2.21. The molecule has 7 heteroatoms. The lowest BCUT2D eigenvalue weighted by Gasteiger charge is -2.26. The fourth-order valence-corrected chi connectivity index (χ4v) is 4.32. The van der Waals surface area contributed by atoms with Crippen LogP contribution in [0.2, 0.25) is 0 Å². The molecule has 0 saturated heterocycles. The van der Waals surface area contributed by atoms with E-state index in [9.17, 15) is 8.42 Å². The standard InChI is InChI=1S/C15H28N4O2S/c1-11(2)14-17-16-13-7-6-12(10-19(13)14)18-22(20,21)9-8-15(3,4)5/h11-12,18H,6-10H2,1-5H3/t12-/m0/s1. The van der Waals surface area contributed by atoms with Gasteiger partial charge in [0.05, 0.1) is 5.75 Å². The van der Waals surface area contributed by atoms with Gasteiger partial charge in [-0.25, -0.2) is 13.1 Å². The lowest BCUT2D eigenvalue weighted by Crippen LogP contribution is -2.42. The molecular formula is C15H28N4O2S. The average molecular weight is 328 g/mol. The maximum Gasteiger partial charge on any atom is 0.211 e. The summed E-state index contributed by atoms with van der Waals surface area (Å²) in [7, 11) is -3.24. The smallest absolute Gasteiger partial charge is 0.211 e. The van der Waals surface area contributed by atoms with Gasteiger partial charge in [0.25, 0.3) is 0 Å². The molecule has 0 bridgehead atoms. The van der Waals surface area contributed by atoms with Crippen LogP contribution in [0.3, 0.4) is 0 Å². The highest BCUT2D eigenvalue weighted by atomic mass is 32.2. The molecule has 0 aromatic carbocycles. The predicted octanol–water partition coefficient (Wildman–Crippen LogP) is 2.07. The van der Waals surface area contributed by atoms with Gasteiger partial charge in [-0.2, -0.15) is 0 Å². The van der Waals surface area contributed by atoms with Crippen LogP contribution in [-0.4, -0.2) is 35.0 Å². The normalized spacial score (nSPS) is 19.5. The van der Waals surface area contributed by atoms with Crippen LogP contribution in [0.25, 0.3) is 0 Å². The molecule has 6 nitrogen and oxygen atoms in total. The van der Waals surface area contributed by atoms with Crippen LogP contribution in [0.5, 0.6) is 0 Å². The highest BCUT2D eigenvalue weighted by Crippen LogP contribution is 2.22. The monoisotopic (exact) mass is 328 g/mol. The number of hydrogen-bond acceptors (Lipinski definition) is 4. The minimum atomic E-state index is -3.24. The topological polar surface area (TPSA) is 76.9 Å². The van der Waals surface area contributed by atoms with Crippen LogP contribution in [0.15, 0.2) is 0 Å². The molecule has 2 heterocycles. The Balaban J connectivity index is 2.02. The van der Waals surface area contributed by atoms with Crippen molar-refractivity contribution in [2.24, 2.45) is 5.41 Å². The Morgan fingerprint density at radius 1 is 1.32 bits per heavy atom.